The highest BCUT2D eigenvalue weighted by molar-refractivity contribution is 6.31. The maximum atomic E-state index is 6.16. The minimum atomic E-state index is 0.367. The summed E-state index contributed by atoms with van der Waals surface area (Å²) in [5.74, 6) is 0.580. The molecule has 0 fully saturated rings. The van der Waals surface area contributed by atoms with Gasteiger partial charge in [0, 0.05) is 11.1 Å². The van der Waals surface area contributed by atoms with Crippen LogP contribution in [-0.4, -0.2) is 9.55 Å². The number of nitrogen functional groups attached to an aromatic ring is 1. The summed E-state index contributed by atoms with van der Waals surface area (Å²) in [6.45, 7) is 0. The molecule has 4 heteroatoms. The van der Waals surface area contributed by atoms with E-state index < -0.39 is 0 Å². The van der Waals surface area contributed by atoms with Crippen LogP contribution in [0.25, 0.3) is 11.0 Å². The van der Waals surface area contributed by atoms with Crippen molar-refractivity contribution in [3.05, 3.63) is 58.6 Å². The maximum absolute atomic E-state index is 6.16. The smallest absolute Gasteiger partial charge is 0.201 e. The van der Waals surface area contributed by atoms with Gasteiger partial charge >= 0.3 is 0 Å². The number of aromatic nitrogens is 2. The first kappa shape index (κ1) is 12.7. The summed E-state index contributed by atoms with van der Waals surface area (Å²) in [7, 11) is 0. The second kappa shape index (κ2) is 4.78. The van der Waals surface area contributed by atoms with Crippen LogP contribution in [0.5, 0.6) is 0 Å². The first-order valence-electron chi connectivity index (χ1n) is 7.22. The molecule has 0 saturated heterocycles. The third-order valence-corrected chi connectivity index (χ3v) is 4.60. The summed E-state index contributed by atoms with van der Waals surface area (Å²) in [6, 6.07) is 14.8. The average molecular weight is 298 g/mol. The molecule has 0 aliphatic heterocycles. The van der Waals surface area contributed by atoms with Gasteiger partial charge in [-0.3, -0.25) is 0 Å². The predicted molar refractivity (Wildman–Crippen MR) is 86.7 cm³/mol. The van der Waals surface area contributed by atoms with Crippen LogP contribution in [0.2, 0.25) is 5.02 Å². The fourth-order valence-corrected chi connectivity index (χ4v) is 3.54. The molecule has 1 aliphatic carbocycles. The molecule has 106 valence electrons. The van der Waals surface area contributed by atoms with Gasteiger partial charge in [0.25, 0.3) is 0 Å². The van der Waals surface area contributed by atoms with E-state index in [-0.39, 0.29) is 0 Å². The van der Waals surface area contributed by atoms with E-state index in [1.54, 1.807) is 0 Å². The minimum absolute atomic E-state index is 0.367. The number of nitrogens with two attached hydrogens (primary N) is 1. The lowest BCUT2D eigenvalue weighted by atomic mass is 9.88. The zero-order valence-corrected chi connectivity index (χ0v) is 12.3. The van der Waals surface area contributed by atoms with Gasteiger partial charge in [-0.15, -0.1) is 0 Å². The zero-order valence-electron chi connectivity index (χ0n) is 11.6. The molecule has 1 aromatic heterocycles. The molecular formula is C17H16ClN3. The molecule has 2 aromatic carbocycles. The number of halogens is 1. The van der Waals surface area contributed by atoms with Crippen LogP contribution in [0.3, 0.4) is 0 Å². The third kappa shape index (κ3) is 2.09. The van der Waals surface area contributed by atoms with Crippen LogP contribution in [0.1, 0.15) is 23.6 Å². The predicted octanol–water partition coefficient (Wildman–Crippen LogP) is 4.00. The summed E-state index contributed by atoms with van der Waals surface area (Å²) in [5.41, 5.74) is 11.0. The summed E-state index contributed by atoms with van der Waals surface area (Å²) < 4.78 is 2.17. The highest BCUT2D eigenvalue weighted by Crippen LogP contribution is 2.33. The standard InChI is InChI=1S/C17H16ClN3/c18-13-6-8-16-15(10-13)20-17(19)21(16)14-7-5-11-3-1-2-4-12(11)9-14/h1-4,6,8,10,14H,5,7,9H2,(H2,19,20). The quantitative estimate of drug-likeness (QED) is 0.738. The number of rotatable bonds is 1. The van der Waals surface area contributed by atoms with Gasteiger partial charge in [-0.2, -0.15) is 0 Å². The van der Waals surface area contributed by atoms with Crippen molar-refractivity contribution in [3.63, 3.8) is 0 Å². The van der Waals surface area contributed by atoms with Gasteiger partial charge in [-0.1, -0.05) is 35.9 Å². The van der Waals surface area contributed by atoms with Crippen molar-refractivity contribution in [2.45, 2.75) is 25.3 Å². The van der Waals surface area contributed by atoms with E-state index in [2.05, 4.69) is 33.8 Å². The molecule has 0 spiro atoms. The van der Waals surface area contributed by atoms with Crippen molar-refractivity contribution in [1.82, 2.24) is 9.55 Å². The summed E-state index contributed by atoms with van der Waals surface area (Å²) in [6.07, 6.45) is 3.19. The van der Waals surface area contributed by atoms with E-state index in [9.17, 15) is 0 Å². The first-order valence-corrected chi connectivity index (χ1v) is 7.60. The van der Waals surface area contributed by atoms with Gasteiger partial charge in [0.1, 0.15) is 0 Å². The number of anilines is 1. The Kier molecular flexibility index (Phi) is 2.89. The van der Waals surface area contributed by atoms with E-state index in [4.69, 9.17) is 17.3 Å². The van der Waals surface area contributed by atoms with E-state index in [0.717, 1.165) is 30.3 Å². The van der Waals surface area contributed by atoms with Gasteiger partial charge in [0.15, 0.2) is 0 Å². The molecule has 1 unspecified atom stereocenters. The lowest BCUT2D eigenvalue weighted by molar-refractivity contribution is 0.457. The molecule has 0 radical (unpaired) electrons. The normalized spacial score (nSPS) is 17.9. The Morgan fingerprint density at radius 3 is 2.81 bits per heavy atom. The monoisotopic (exact) mass is 297 g/mol. The van der Waals surface area contributed by atoms with Gasteiger partial charge in [0.05, 0.1) is 11.0 Å². The van der Waals surface area contributed by atoms with E-state index in [1.165, 1.54) is 11.1 Å². The van der Waals surface area contributed by atoms with E-state index in [1.807, 2.05) is 18.2 Å². The molecule has 0 saturated carbocycles. The van der Waals surface area contributed by atoms with Crippen LogP contribution < -0.4 is 5.73 Å². The summed E-state index contributed by atoms with van der Waals surface area (Å²) in [5, 5.41) is 0.695. The molecule has 1 atom stereocenters. The molecule has 2 N–H and O–H groups in total. The van der Waals surface area contributed by atoms with Crippen molar-refractivity contribution in [2.75, 3.05) is 5.73 Å². The van der Waals surface area contributed by atoms with E-state index >= 15 is 0 Å². The Morgan fingerprint density at radius 2 is 1.95 bits per heavy atom. The lowest BCUT2D eigenvalue weighted by Gasteiger charge is -2.27. The molecule has 3 aromatic rings. The molecule has 21 heavy (non-hydrogen) atoms. The van der Waals surface area contributed by atoms with Crippen molar-refractivity contribution in [1.29, 1.82) is 0 Å². The molecule has 0 bridgehead atoms. The number of fused-ring (bicyclic) bond motifs is 2. The van der Waals surface area contributed by atoms with Gasteiger partial charge < -0.3 is 10.3 Å². The fraction of sp³-hybridized carbons (Fsp3) is 0.235. The summed E-state index contributed by atoms with van der Waals surface area (Å²) in [4.78, 5) is 4.46. The Labute approximate surface area is 128 Å². The topological polar surface area (TPSA) is 43.8 Å². The SMILES string of the molecule is Nc1nc2cc(Cl)ccc2n1C1CCc2ccccc2C1. The number of aryl methyl sites for hydroxylation is 1. The fourth-order valence-electron chi connectivity index (χ4n) is 3.37. The van der Waals surface area contributed by atoms with Gasteiger partial charge in [-0.25, -0.2) is 4.98 Å². The van der Waals surface area contributed by atoms with Crippen molar-refractivity contribution >= 4 is 28.6 Å². The van der Waals surface area contributed by atoms with Gasteiger partial charge in [0.2, 0.25) is 5.95 Å². The lowest BCUT2D eigenvalue weighted by Crippen LogP contribution is -2.19. The van der Waals surface area contributed by atoms with Crippen molar-refractivity contribution < 1.29 is 0 Å². The second-order valence-corrected chi connectivity index (χ2v) is 6.07. The minimum Gasteiger partial charge on any atom is -0.369 e. The number of hydrogen-bond donors (Lipinski definition) is 1. The molecule has 3 nitrogen and oxygen atoms in total. The largest absolute Gasteiger partial charge is 0.369 e. The van der Waals surface area contributed by atoms with Crippen LogP contribution >= 0.6 is 11.6 Å². The van der Waals surface area contributed by atoms with Crippen LogP contribution in [0.15, 0.2) is 42.5 Å². The van der Waals surface area contributed by atoms with Crippen molar-refractivity contribution in [3.8, 4) is 0 Å². The number of nitrogens with zero attached hydrogens (tertiary/aromatic N) is 2. The summed E-state index contributed by atoms with van der Waals surface area (Å²) >= 11 is 6.04. The molecule has 1 aliphatic rings. The van der Waals surface area contributed by atoms with Crippen LogP contribution in [-0.2, 0) is 12.8 Å². The first-order chi connectivity index (χ1) is 10.2. The Hall–Kier alpha value is -2.00. The van der Waals surface area contributed by atoms with E-state index in [0.29, 0.717) is 17.0 Å². The molecule has 0 amide bonds. The van der Waals surface area contributed by atoms with Crippen molar-refractivity contribution in [2.24, 2.45) is 0 Å². The molecule has 1 heterocycles. The Bertz CT molecular complexity index is 822. The van der Waals surface area contributed by atoms with Crippen LogP contribution in [0, 0.1) is 0 Å². The third-order valence-electron chi connectivity index (χ3n) is 4.36. The highest BCUT2D eigenvalue weighted by atomic mass is 35.5. The Balaban J connectivity index is 1.79. The van der Waals surface area contributed by atoms with Crippen LogP contribution in [0.4, 0.5) is 5.95 Å². The Morgan fingerprint density at radius 1 is 1.14 bits per heavy atom. The maximum Gasteiger partial charge on any atom is 0.201 e. The van der Waals surface area contributed by atoms with Gasteiger partial charge in [-0.05, 0) is 48.6 Å². The highest BCUT2D eigenvalue weighted by Gasteiger charge is 2.23. The molecule has 4 rings (SSSR count). The second-order valence-electron chi connectivity index (χ2n) is 5.64. The average Bonchev–Trinajstić information content (AvgIpc) is 2.81. The zero-order chi connectivity index (χ0) is 14.4. The number of imidazole rings is 1. The molecular weight excluding hydrogens is 282 g/mol. The number of benzene rings is 2. The number of hydrogen-bond acceptors (Lipinski definition) is 2.